The number of ether oxygens (including phenoxy) is 2. The van der Waals surface area contributed by atoms with E-state index >= 15 is 0 Å². The minimum absolute atomic E-state index is 0.109. The number of benzene rings is 1. The fraction of sp³-hybridized carbons (Fsp3) is 0.652. The standard InChI is InChI=1S/C23H36O4/c1-6-7-8-9-10-17-26-20(24)15-12-16-21(25)27-22-18(2)13-11-14-19(22)23(3,4)5/h11,13-14H,6-10,12,15-17H2,1-5H3. The summed E-state index contributed by atoms with van der Waals surface area (Å²) in [5.74, 6) is 0.108. The largest absolute Gasteiger partial charge is 0.466 e. The molecule has 0 amide bonds. The molecule has 27 heavy (non-hydrogen) atoms. The topological polar surface area (TPSA) is 52.6 Å². The quantitative estimate of drug-likeness (QED) is 0.275. The Labute approximate surface area is 164 Å². The van der Waals surface area contributed by atoms with E-state index in [2.05, 4.69) is 27.7 Å². The van der Waals surface area contributed by atoms with E-state index in [1.54, 1.807) is 0 Å². The summed E-state index contributed by atoms with van der Waals surface area (Å²) in [6, 6.07) is 5.91. The number of carbonyl (C=O) groups is 2. The molecule has 0 fully saturated rings. The number of para-hydroxylation sites is 1. The number of unbranched alkanes of at least 4 members (excludes halogenated alkanes) is 4. The highest BCUT2D eigenvalue weighted by atomic mass is 16.5. The third-order valence-corrected chi connectivity index (χ3v) is 4.51. The SMILES string of the molecule is CCCCCCCOC(=O)CCCC(=O)Oc1c(C)cccc1C(C)(C)C. The molecule has 1 rings (SSSR count). The van der Waals surface area contributed by atoms with Crippen molar-refractivity contribution in [3.63, 3.8) is 0 Å². The molecule has 0 unspecified atom stereocenters. The van der Waals surface area contributed by atoms with Crippen molar-refractivity contribution in [1.29, 1.82) is 0 Å². The van der Waals surface area contributed by atoms with Gasteiger partial charge in [-0.15, -0.1) is 0 Å². The van der Waals surface area contributed by atoms with Crippen LogP contribution in [0.25, 0.3) is 0 Å². The Bertz CT molecular complexity index is 599. The molecule has 0 atom stereocenters. The van der Waals surface area contributed by atoms with Crippen LogP contribution in [0.1, 0.15) is 90.2 Å². The molecule has 0 N–H and O–H groups in total. The van der Waals surface area contributed by atoms with Crippen LogP contribution in [0.5, 0.6) is 5.75 Å². The summed E-state index contributed by atoms with van der Waals surface area (Å²) in [5, 5.41) is 0. The Morgan fingerprint density at radius 2 is 1.59 bits per heavy atom. The molecule has 4 heteroatoms. The second-order valence-corrected chi connectivity index (χ2v) is 8.16. The van der Waals surface area contributed by atoms with E-state index in [0.29, 0.717) is 18.8 Å². The van der Waals surface area contributed by atoms with Gasteiger partial charge in [0.25, 0.3) is 0 Å². The van der Waals surface area contributed by atoms with Crippen LogP contribution in [-0.2, 0) is 19.7 Å². The maximum Gasteiger partial charge on any atom is 0.311 e. The van der Waals surface area contributed by atoms with Gasteiger partial charge >= 0.3 is 11.9 Å². The van der Waals surface area contributed by atoms with Gasteiger partial charge in [0.05, 0.1) is 6.61 Å². The van der Waals surface area contributed by atoms with Crippen LogP contribution >= 0.6 is 0 Å². The first-order chi connectivity index (χ1) is 12.8. The van der Waals surface area contributed by atoms with Crippen molar-refractivity contribution >= 4 is 11.9 Å². The minimum atomic E-state index is -0.304. The molecule has 0 saturated carbocycles. The highest BCUT2D eigenvalue weighted by Gasteiger charge is 2.22. The monoisotopic (exact) mass is 376 g/mol. The molecule has 0 heterocycles. The van der Waals surface area contributed by atoms with Gasteiger partial charge in [0, 0.05) is 18.4 Å². The molecule has 0 aromatic heterocycles. The zero-order valence-electron chi connectivity index (χ0n) is 17.7. The first kappa shape index (κ1) is 23.2. The number of hydrogen-bond acceptors (Lipinski definition) is 4. The zero-order valence-corrected chi connectivity index (χ0v) is 17.7. The van der Waals surface area contributed by atoms with Crippen LogP contribution < -0.4 is 4.74 Å². The number of esters is 2. The van der Waals surface area contributed by atoms with E-state index in [1.165, 1.54) is 19.3 Å². The van der Waals surface area contributed by atoms with E-state index in [0.717, 1.165) is 24.0 Å². The average Bonchev–Trinajstić information content (AvgIpc) is 2.58. The van der Waals surface area contributed by atoms with Crippen LogP contribution in [0.2, 0.25) is 0 Å². The van der Waals surface area contributed by atoms with Gasteiger partial charge in [-0.05, 0) is 30.7 Å². The third kappa shape index (κ3) is 9.07. The number of aryl methyl sites for hydroxylation is 1. The summed E-state index contributed by atoms with van der Waals surface area (Å²) in [7, 11) is 0. The van der Waals surface area contributed by atoms with Crippen molar-refractivity contribution in [2.75, 3.05) is 6.61 Å². The lowest BCUT2D eigenvalue weighted by molar-refractivity contribution is -0.144. The maximum atomic E-state index is 12.2. The molecule has 152 valence electrons. The molecule has 0 saturated heterocycles. The highest BCUT2D eigenvalue weighted by molar-refractivity contribution is 5.75. The predicted octanol–water partition coefficient (Wildman–Crippen LogP) is 5.88. The molecular formula is C23H36O4. The summed E-state index contributed by atoms with van der Waals surface area (Å²) in [6.07, 6.45) is 6.55. The Hall–Kier alpha value is -1.84. The molecule has 0 aliphatic rings. The van der Waals surface area contributed by atoms with Crippen molar-refractivity contribution in [1.82, 2.24) is 0 Å². The Morgan fingerprint density at radius 3 is 2.26 bits per heavy atom. The molecule has 0 aliphatic carbocycles. The Kier molecular flexibility index (Phi) is 10.1. The van der Waals surface area contributed by atoms with E-state index in [-0.39, 0.29) is 30.2 Å². The van der Waals surface area contributed by atoms with Crippen molar-refractivity contribution in [2.45, 2.75) is 91.4 Å². The van der Waals surface area contributed by atoms with Gasteiger partial charge in [0.2, 0.25) is 0 Å². The predicted molar refractivity (Wildman–Crippen MR) is 109 cm³/mol. The van der Waals surface area contributed by atoms with Crippen molar-refractivity contribution in [3.8, 4) is 5.75 Å². The molecule has 4 nitrogen and oxygen atoms in total. The van der Waals surface area contributed by atoms with Gasteiger partial charge in [0.15, 0.2) is 0 Å². The van der Waals surface area contributed by atoms with Crippen molar-refractivity contribution in [3.05, 3.63) is 29.3 Å². The fourth-order valence-corrected chi connectivity index (χ4v) is 2.88. The van der Waals surface area contributed by atoms with Crippen LogP contribution in [0.4, 0.5) is 0 Å². The van der Waals surface area contributed by atoms with Crippen LogP contribution in [0.3, 0.4) is 0 Å². The number of rotatable bonds is 11. The summed E-state index contributed by atoms with van der Waals surface area (Å²) >= 11 is 0. The van der Waals surface area contributed by atoms with Gasteiger partial charge < -0.3 is 9.47 Å². The smallest absolute Gasteiger partial charge is 0.311 e. The highest BCUT2D eigenvalue weighted by Crippen LogP contribution is 2.34. The fourth-order valence-electron chi connectivity index (χ4n) is 2.88. The lowest BCUT2D eigenvalue weighted by atomic mass is 9.85. The summed E-state index contributed by atoms with van der Waals surface area (Å²) in [5.41, 5.74) is 1.85. The van der Waals surface area contributed by atoms with Gasteiger partial charge in [-0.25, -0.2) is 0 Å². The molecule has 1 aromatic carbocycles. The van der Waals surface area contributed by atoms with Crippen molar-refractivity contribution < 1.29 is 19.1 Å². The molecule has 0 bridgehead atoms. The third-order valence-electron chi connectivity index (χ3n) is 4.51. The Morgan fingerprint density at radius 1 is 0.926 bits per heavy atom. The van der Waals surface area contributed by atoms with Crippen LogP contribution in [0.15, 0.2) is 18.2 Å². The van der Waals surface area contributed by atoms with E-state index in [9.17, 15) is 9.59 Å². The first-order valence-corrected chi connectivity index (χ1v) is 10.2. The van der Waals surface area contributed by atoms with E-state index < -0.39 is 0 Å². The maximum absolute atomic E-state index is 12.2. The summed E-state index contributed by atoms with van der Waals surface area (Å²) in [6.45, 7) is 10.9. The van der Waals surface area contributed by atoms with E-state index in [1.807, 2.05) is 25.1 Å². The van der Waals surface area contributed by atoms with Crippen molar-refractivity contribution in [2.24, 2.45) is 0 Å². The summed E-state index contributed by atoms with van der Waals surface area (Å²) in [4.78, 5) is 23.9. The lowest BCUT2D eigenvalue weighted by Crippen LogP contribution is -2.17. The van der Waals surface area contributed by atoms with E-state index in [4.69, 9.17) is 9.47 Å². The second kappa shape index (κ2) is 11.8. The van der Waals surface area contributed by atoms with Gasteiger partial charge in [-0.2, -0.15) is 0 Å². The molecular weight excluding hydrogens is 340 g/mol. The number of carbonyl (C=O) groups excluding carboxylic acids is 2. The first-order valence-electron chi connectivity index (χ1n) is 10.2. The minimum Gasteiger partial charge on any atom is -0.466 e. The Balaban J connectivity index is 2.35. The molecule has 0 radical (unpaired) electrons. The molecule has 0 aliphatic heterocycles. The van der Waals surface area contributed by atoms with Crippen LogP contribution in [-0.4, -0.2) is 18.5 Å². The van der Waals surface area contributed by atoms with Crippen LogP contribution in [0, 0.1) is 6.92 Å². The van der Waals surface area contributed by atoms with Gasteiger partial charge in [-0.3, -0.25) is 9.59 Å². The lowest BCUT2D eigenvalue weighted by Gasteiger charge is -2.23. The molecule has 0 spiro atoms. The normalized spacial score (nSPS) is 11.3. The zero-order chi connectivity index (χ0) is 20.3. The number of hydrogen-bond donors (Lipinski definition) is 0. The van der Waals surface area contributed by atoms with Gasteiger partial charge in [-0.1, -0.05) is 71.6 Å². The second-order valence-electron chi connectivity index (χ2n) is 8.16. The van der Waals surface area contributed by atoms with Gasteiger partial charge in [0.1, 0.15) is 5.75 Å². The average molecular weight is 377 g/mol. The molecule has 1 aromatic rings. The summed E-state index contributed by atoms with van der Waals surface area (Å²) < 4.78 is 10.8.